The van der Waals surface area contributed by atoms with Crippen LogP contribution in [0.2, 0.25) is 0 Å². The highest BCUT2D eigenvalue weighted by molar-refractivity contribution is 8.19. The van der Waals surface area contributed by atoms with Crippen LogP contribution in [-0.4, -0.2) is 18.3 Å². The van der Waals surface area contributed by atoms with Crippen LogP contribution in [-0.2, 0) is 11.2 Å². The Balaban J connectivity index is 1.88. The molecular weight excluding hydrogens is 358 g/mol. The lowest BCUT2D eigenvalue weighted by Gasteiger charge is -2.13. The Labute approximate surface area is 164 Å². The Hall–Kier alpha value is -2.53. The van der Waals surface area contributed by atoms with Crippen molar-refractivity contribution < 1.29 is 14.3 Å². The average molecular weight is 381 g/mol. The molecule has 4 nitrogen and oxygen atoms in total. The molecule has 0 unspecified atom stereocenters. The van der Waals surface area contributed by atoms with Gasteiger partial charge >= 0.3 is 0 Å². The molecule has 2 aromatic carbocycles. The van der Waals surface area contributed by atoms with E-state index in [1.165, 1.54) is 10.5 Å². The third-order valence-electron chi connectivity index (χ3n) is 4.63. The quantitative estimate of drug-likeness (QED) is 0.605. The lowest BCUT2D eigenvalue weighted by molar-refractivity contribution is -0.113. The molecule has 0 N–H and O–H groups in total. The van der Waals surface area contributed by atoms with Crippen LogP contribution >= 0.6 is 11.8 Å². The van der Waals surface area contributed by atoms with Crippen LogP contribution in [0.15, 0.2) is 53.4 Å². The fraction of sp³-hybridized carbons (Fsp3) is 0.273. The van der Waals surface area contributed by atoms with Gasteiger partial charge < -0.3 is 4.74 Å². The van der Waals surface area contributed by atoms with E-state index in [1.807, 2.05) is 55.5 Å². The van der Waals surface area contributed by atoms with Gasteiger partial charge in [0.15, 0.2) is 0 Å². The first-order chi connectivity index (χ1) is 13.0. The number of methoxy groups -OCH3 is 1. The monoisotopic (exact) mass is 381 g/mol. The number of imide groups is 1. The lowest BCUT2D eigenvalue weighted by Crippen LogP contribution is -2.27. The van der Waals surface area contributed by atoms with E-state index >= 15 is 0 Å². The number of carbonyl (C=O) groups excluding carboxylic acids is 2. The van der Waals surface area contributed by atoms with Crippen molar-refractivity contribution in [1.82, 2.24) is 0 Å². The minimum Gasteiger partial charge on any atom is -0.497 e. The minimum atomic E-state index is -0.272. The van der Waals surface area contributed by atoms with E-state index in [-0.39, 0.29) is 11.1 Å². The normalized spacial score (nSPS) is 16.0. The van der Waals surface area contributed by atoms with E-state index in [0.29, 0.717) is 16.3 Å². The first kappa shape index (κ1) is 19.2. The summed E-state index contributed by atoms with van der Waals surface area (Å²) in [6.07, 6.45) is 3.27. The van der Waals surface area contributed by atoms with Crippen molar-refractivity contribution in [2.24, 2.45) is 0 Å². The van der Waals surface area contributed by atoms with Crippen LogP contribution in [0.1, 0.15) is 37.8 Å². The highest BCUT2D eigenvalue weighted by Gasteiger charge is 2.37. The fourth-order valence-corrected chi connectivity index (χ4v) is 3.90. The second-order valence-electron chi connectivity index (χ2n) is 6.46. The van der Waals surface area contributed by atoms with Crippen molar-refractivity contribution in [1.29, 1.82) is 0 Å². The molecule has 0 saturated carbocycles. The van der Waals surface area contributed by atoms with Crippen molar-refractivity contribution in [2.75, 3.05) is 12.0 Å². The van der Waals surface area contributed by atoms with Gasteiger partial charge in [-0.15, -0.1) is 0 Å². The number of thioether (sulfide) groups is 1. The molecule has 1 saturated heterocycles. The fourth-order valence-electron chi connectivity index (χ4n) is 3.00. The molecule has 0 radical (unpaired) electrons. The van der Waals surface area contributed by atoms with Crippen molar-refractivity contribution in [3.8, 4) is 5.75 Å². The third kappa shape index (κ3) is 4.08. The molecule has 1 aliphatic rings. The molecule has 2 aromatic rings. The standard InChI is InChI=1S/C22H23NO3S/c1-4-5-7-16-10-12-18(13-11-16)23-21(24)20(27-22(23)25)15(2)17-8-6-9-19(14-17)26-3/h6,8-14H,4-5,7H2,1-3H3/b20-15-. The van der Waals surface area contributed by atoms with Crippen molar-refractivity contribution >= 4 is 34.2 Å². The second-order valence-corrected chi connectivity index (χ2v) is 7.43. The Kier molecular flexibility index (Phi) is 6.01. The zero-order chi connectivity index (χ0) is 19.4. The Morgan fingerprint density at radius 1 is 1.11 bits per heavy atom. The Bertz CT molecular complexity index is 887. The SMILES string of the molecule is CCCCc1ccc(N2C(=O)S/C(=C(/C)c3cccc(OC)c3)C2=O)cc1. The van der Waals surface area contributed by atoms with Gasteiger partial charge in [-0.3, -0.25) is 9.59 Å². The molecule has 1 fully saturated rings. The number of benzene rings is 2. The highest BCUT2D eigenvalue weighted by atomic mass is 32.2. The van der Waals surface area contributed by atoms with Gasteiger partial charge in [-0.05, 0) is 72.5 Å². The minimum absolute atomic E-state index is 0.265. The van der Waals surface area contributed by atoms with Crippen molar-refractivity contribution in [3.63, 3.8) is 0 Å². The zero-order valence-corrected chi connectivity index (χ0v) is 16.6. The second kappa shape index (κ2) is 8.44. The average Bonchev–Trinajstić information content (AvgIpc) is 3.00. The van der Waals surface area contributed by atoms with Gasteiger partial charge in [-0.2, -0.15) is 0 Å². The molecule has 27 heavy (non-hydrogen) atoms. The molecular formula is C22H23NO3S. The van der Waals surface area contributed by atoms with Gasteiger partial charge in [-0.1, -0.05) is 37.6 Å². The number of aryl methyl sites for hydroxylation is 1. The van der Waals surface area contributed by atoms with E-state index in [4.69, 9.17) is 4.74 Å². The van der Waals surface area contributed by atoms with Crippen molar-refractivity contribution in [3.05, 3.63) is 64.6 Å². The van der Waals surface area contributed by atoms with E-state index in [2.05, 4.69) is 6.92 Å². The first-order valence-corrected chi connectivity index (χ1v) is 9.87. The molecule has 3 rings (SSSR count). The molecule has 0 aromatic heterocycles. The number of nitrogens with zero attached hydrogens (tertiary/aromatic N) is 1. The number of allylic oxidation sites excluding steroid dienone is 1. The van der Waals surface area contributed by atoms with Crippen LogP contribution in [0.4, 0.5) is 10.5 Å². The number of unbranched alkanes of at least 4 members (excludes halogenated alkanes) is 1. The molecule has 5 heteroatoms. The maximum Gasteiger partial charge on any atom is 0.298 e. The lowest BCUT2D eigenvalue weighted by atomic mass is 10.1. The highest BCUT2D eigenvalue weighted by Crippen LogP contribution is 2.39. The molecule has 1 aliphatic heterocycles. The molecule has 140 valence electrons. The largest absolute Gasteiger partial charge is 0.497 e. The summed E-state index contributed by atoms with van der Waals surface area (Å²) in [7, 11) is 1.60. The Morgan fingerprint density at radius 3 is 2.52 bits per heavy atom. The summed E-state index contributed by atoms with van der Waals surface area (Å²) in [6, 6.07) is 15.2. The van der Waals surface area contributed by atoms with Crippen LogP contribution in [0.5, 0.6) is 5.75 Å². The van der Waals surface area contributed by atoms with Gasteiger partial charge in [0.25, 0.3) is 11.1 Å². The predicted octanol–water partition coefficient (Wildman–Crippen LogP) is 5.67. The molecule has 0 bridgehead atoms. The number of amides is 2. The summed E-state index contributed by atoms with van der Waals surface area (Å²) in [4.78, 5) is 27.2. The van der Waals surface area contributed by atoms with E-state index in [1.54, 1.807) is 7.11 Å². The van der Waals surface area contributed by atoms with Gasteiger partial charge in [0.05, 0.1) is 17.7 Å². The maximum atomic E-state index is 12.9. The number of anilines is 1. The summed E-state index contributed by atoms with van der Waals surface area (Å²) >= 11 is 0.987. The summed E-state index contributed by atoms with van der Waals surface area (Å²) in [6.45, 7) is 4.02. The summed E-state index contributed by atoms with van der Waals surface area (Å²) in [5, 5.41) is -0.265. The molecule has 0 spiro atoms. The maximum absolute atomic E-state index is 12.9. The van der Waals surface area contributed by atoms with E-state index in [9.17, 15) is 9.59 Å². The Morgan fingerprint density at radius 2 is 1.85 bits per heavy atom. The smallest absolute Gasteiger partial charge is 0.298 e. The number of rotatable bonds is 6. The van der Waals surface area contributed by atoms with Crippen LogP contribution in [0.25, 0.3) is 5.57 Å². The number of hydrogen-bond donors (Lipinski definition) is 0. The molecule has 0 aliphatic carbocycles. The van der Waals surface area contributed by atoms with Crippen molar-refractivity contribution in [2.45, 2.75) is 33.1 Å². The summed E-state index contributed by atoms with van der Waals surface area (Å²) < 4.78 is 5.25. The van der Waals surface area contributed by atoms with Gasteiger partial charge in [0.2, 0.25) is 0 Å². The first-order valence-electron chi connectivity index (χ1n) is 9.05. The summed E-state index contributed by atoms with van der Waals surface area (Å²) in [5.74, 6) is 0.445. The topological polar surface area (TPSA) is 46.6 Å². The predicted molar refractivity (Wildman–Crippen MR) is 111 cm³/mol. The number of hydrogen-bond acceptors (Lipinski definition) is 4. The van der Waals surface area contributed by atoms with Crippen LogP contribution < -0.4 is 9.64 Å². The summed E-state index contributed by atoms with van der Waals surface area (Å²) in [5.41, 5.74) is 3.48. The molecule has 1 heterocycles. The number of ether oxygens (including phenoxy) is 1. The number of carbonyl (C=O) groups is 2. The van der Waals surface area contributed by atoms with Gasteiger partial charge in [0, 0.05) is 0 Å². The van der Waals surface area contributed by atoms with Gasteiger partial charge in [-0.25, -0.2) is 4.90 Å². The zero-order valence-electron chi connectivity index (χ0n) is 15.8. The molecule has 2 amide bonds. The van der Waals surface area contributed by atoms with Gasteiger partial charge in [0.1, 0.15) is 5.75 Å². The van der Waals surface area contributed by atoms with Crippen LogP contribution in [0, 0.1) is 0 Å². The van der Waals surface area contributed by atoms with E-state index < -0.39 is 0 Å². The third-order valence-corrected chi connectivity index (χ3v) is 5.67. The molecule has 0 atom stereocenters. The van der Waals surface area contributed by atoms with Crippen LogP contribution in [0.3, 0.4) is 0 Å². The van der Waals surface area contributed by atoms with E-state index in [0.717, 1.165) is 42.2 Å².